The molecule has 0 fully saturated rings. The normalized spacial score (nSPS) is 12.4. The molecule has 17 heavy (non-hydrogen) atoms. The minimum atomic E-state index is 0.109. The van der Waals surface area contributed by atoms with E-state index in [4.69, 9.17) is 5.73 Å². The van der Waals surface area contributed by atoms with Gasteiger partial charge in [-0.2, -0.15) is 0 Å². The molecule has 0 aliphatic rings. The summed E-state index contributed by atoms with van der Waals surface area (Å²) in [5.41, 5.74) is 6.57. The average Bonchev–Trinajstić information content (AvgIpc) is 2.72. The van der Waals surface area contributed by atoms with Gasteiger partial charge in [-0.05, 0) is 32.2 Å². The van der Waals surface area contributed by atoms with E-state index in [2.05, 4.69) is 15.7 Å². The van der Waals surface area contributed by atoms with Crippen LogP contribution in [0.3, 0.4) is 0 Å². The minimum Gasteiger partial charge on any atom is -0.356 e. The van der Waals surface area contributed by atoms with Crippen LogP contribution in [-0.4, -0.2) is 24.0 Å². The van der Waals surface area contributed by atoms with Crippen LogP contribution in [0.15, 0.2) is 5.38 Å². The van der Waals surface area contributed by atoms with Crippen molar-refractivity contribution < 1.29 is 4.79 Å². The van der Waals surface area contributed by atoms with E-state index in [1.165, 1.54) is 0 Å². The van der Waals surface area contributed by atoms with Crippen molar-refractivity contribution in [3.05, 3.63) is 16.1 Å². The summed E-state index contributed by atoms with van der Waals surface area (Å²) in [5.74, 6) is 0.456. The molecule has 0 bridgehead atoms. The molecule has 1 rings (SSSR count). The molecule has 1 heterocycles. The third-order valence-corrected chi connectivity index (χ3v) is 3.38. The Kier molecular flexibility index (Phi) is 6.15. The van der Waals surface area contributed by atoms with E-state index in [9.17, 15) is 4.79 Å². The summed E-state index contributed by atoms with van der Waals surface area (Å²) >= 11 is 1.65. The standard InChI is InChI=1S/C12H21N3OS/c1-9(6-13)7-14-12(16)5-3-4-11-8-17-10(2)15-11/h8-9H,3-7,13H2,1-2H3,(H,14,16). The largest absolute Gasteiger partial charge is 0.356 e. The number of rotatable bonds is 7. The number of aromatic nitrogens is 1. The Hall–Kier alpha value is -0.940. The maximum atomic E-state index is 11.5. The van der Waals surface area contributed by atoms with E-state index in [-0.39, 0.29) is 5.91 Å². The number of nitrogens with one attached hydrogen (secondary N) is 1. The fourth-order valence-electron chi connectivity index (χ4n) is 1.41. The first-order chi connectivity index (χ1) is 8.11. The molecular weight excluding hydrogens is 234 g/mol. The van der Waals surface area contributed by atoms with Crippen LogP contribution in [0.25, 0.3) is 0 Å². The van der Waals surface area contributed by atoms with E-state index in [0.29, 0.717) is 25.4 Å². The Bertz CT molecular complexity index is 351. The first-order valence-corrected chi connectivity index (χ1v) is 6.87. The maximum Gasteiger partial charge on any atom is 0.220 e. The van der Waals surface area contributed by atoms with Gasteiger partial charge in [-0.25, -0.2) is 4.98 Å². The maximum absolute atomic E-state index is 11.5. The lowest BCUT2D eigenvalue weighted by Crippen LogP contribution is -2.31. The monoisotopic (exact) mass is 255 g/mol. The molecule has 0 aromatic carbocycles. The number of nitrogens with zero attached hydrogens (tertiary/aromatic N) is 1. The van der Waals surface area contributed by atoms with Gasteiger partial charge in [-0.1, -0.05) is 6.92 Å². The number of thiazole rings is 1. The van der Waals surface area contributed by atoms with Crippen LogP contribution < -0.4 is 11.1 Å². The molecule has 0 radical (unpaired) electrons. The van der Waals surface area contributed by atoms with E-state index >= 15 is 0 Å². The number of hydrogen-bond acceptors (Lipinski definition) is 4. The predicted molar refractivity (Wildman–Crippen MR) is 71.0 cm³/mol. The topological polar surface area (TPSA) is 68.0 Å². The van der Waals surface area contributed by atoms with E-state index in [1.54, 1.807) is 11.3 Å². The highest BCUT2D eigenvalue weighted by Crippen LogP contribution is 2.10. The van der Waals surface area contributed by atoms with Gasteiger partial charge in [0.15, 0.2) is 0 Å². The second-order valence-corrected chi connectivity index (χ2v) is 5.42. The van der Waals surface area contributed by atoms with Gasteiger partial charge < -0.3 is 11.1 Å². The second-order valence-electron chi connectivity index (χ2n) is 4.36. The number of carbonyl (C=O) groups excluding carboxylic acids is 1. The zero-order valence-corrected chi connectivity index (χ0v) is 11.3. The fraction of sp³-hybridized carbons (Fsp3) is 0.667. The van der Waals surface area contributed by atoms with Crippen molar-refractivity contribution in [2.24, 2.45) is 11.7 Å². The Morgan fingerprint density at radius 3 is 3.00 bits per heavy atom. The average molecular weight is 255 g/mol. The van der Waals surface area contributed by atoms with Crippen LogP contribution in [0.2, 0.25) is 0 Å². The zero-order chi connectivity index (χ0) is 12.7. The minimum absolute atomic E-state index is 0.109. The summed E-state index contributed by atoms with van der Waals surface area (Å²) < 4.78 is 0. The molecule has 1 atom stereocenters. The first-order valence-electron chi connectivity index (χ1n) is 5.99. The SMILES string of the molecule is Cc1nc(CCCC(=O)NCC(C)CN)cs1. The molecule has 5 heteroatoms. The Morgan fingerprint density at radius 1 is 1.65 bits per heavy atom. The van der Waals surface area contributed by atoms with E-state index in [1.807, 2.05) is 13.8 Å². The first kappa shape index (κ1) is 14.1. The molecule has 96 valence electrons. The summed E-state index contributed by atoms with van der Waals surface area (Å²) in [5, 5.41) is 6.03. The summed E-state index contributed by atoms with van der Waals surface area (Å²) in [6, 6.07) is 0. The lowest BCUT2D eigenvalue weighted by atomic mass is 10.1. The third-order valence-electron chi connectivity index (χ3n) is 2.55. The van der Waals surface area contributed by atoms with Crippen molar-refractivity contribution >= 4 is 17.2 Å². The van der Waals surface area contributed by atoms with Gasteiger partial charge in [0.25, 0.3) is 0 Å². The van der Waals surface area contributed by atoms with Gasteiger partial charge in [0.2, 0.25) is 5.91 Å². The molecule has 1 amide bonds. The van der Waals surface area contributed by atoms with Crippen LogP contribution in [0.5, 0.6) is 0 Å². The van der Waals surface area contributed by atoms with Crippen molar-refractivity contribution in [3.63, 3.8) is 0 Å². The third kappa shape index (κ3) is 5.79. The van der Waals surface area contributed by atoms with Gasteiger partial charge in [-0.3, -0.25) is 4.79 Å². The van der Waals surface area contributed by atoms with Crippen LogP contribution >= 0.6 is 11.3 Å². The van der Waals surface area contributed by atoms with E-state index in [0.717, 1.165) is 23.5 Å². The molecule has 0 saturated carbocycles. The lowest BCUT2D eigenvalue weighted by molar-refractivity contribution is -0.121. The Balaban J connectivity index is 2.12. The summed E-state index contributed by atoms with van der Waals surface area (Å²) in [6.07, 6.45) is 2.30. The van der Waals surface area contributed by atoms with Crippen LogP contribution in [0, 0.1) is 12.8 Å². The molecule has 0 saturated heterocycles. The molecule has 0 spiro atoms. The molecule has 0 aliphatic carbocycles. The molecular formula is C12H21N3OS. The molecule has 4 nitrogen and oxygen atoms in total. The molecule has 3 N–H and O–H groups in total. The van der Waals surface area contributed by atoms with Gasteiger partial charge >= 0.3 is 0 Å². The van der Waals surface area contributed by atoms with Crippen LogP contribution in [0.1, 0.15) is 30.5 Å². The zero-order valence-electron chi connectivity index (χ0n) is 10.5. The summed E-state index contributed by atoms with van der Waals surface area (Å²) in [7, 11) is 0. The van der Waals surface area contributed by atoms with Crippen LogP contribution in [-0.2, 0) is 11.2 Å². The Labute approximate surface area is 107 Å². The van der Waals surface area contributed by atoms with Crippen molar-refractivity contribution in [3.8, 4) is 0 Å². The van der Waals surface area contributed by atoms with Crippen molar-refractivity contribution in [2.45, 2.75) is 33.1 Å². The predicted octanol–water partition coefficient (Wildman–Crippen LogP) is 1.49. The van der Waals surface area contributed by atoms with Gasteiger partial charge in [0, 0.05) is 18.3 Å². The molecule has 1 unspecified atom stereocenters. The molecule has 0 aliphatic heterocycles. The number of carbonyl (C=O) groups is 1. The number of amides is 1. The van der Waals surface area contributed by atoms with Gasteiger partial charge in [-0.15, -0.1) is 11.3 Å². The quantitative estimate of drug-likeness (QED) is 0.775. The van der Waals surface area contributed by atoms with Crippen molar-refractivity contribution in [1.82, 2.24) is 10.3 Å². The van der Waals surface area contributed by atoms with Crippen molar-refractivity contribution in [1.29, 1.82) is 0 Å². The number of hydrogen-bond donors (Lipinski definition) is 2. The van der Waals surface area contributed by atoms with Gasteiger partial charge in [0.1, 0.15) is 0 Å². The smallest absolute Gasteiger partial charge is 0.220 e. The highest BCUT2D eigenvalue weighted by atomic mass is 32.1. The summed E-state index contributed by atoms with van der Waals surface area (Å²) in [6.45, 7) is 5.30. The fourth-order valence-corrected chi connectivity index (χ4v) is 2.06. The summed E-state index contributed by atoms with van der Waals surface area (Å²) in [4.78, 5) is 15.9. The van der Waals surface area contributed by atoms with Crippen LogP contribution in [0.4, 0.5) is 0 Å². The lowest BCUT2D eigenvalue weighted by Gasteiger charge is -2.09. The van der Waals surface area contributed by atoms with Crippen molar-refractivity contribution in [2.75, 3.05) is 13.1 Å². The molecule has 1 aromatic rings. The highest BCUT2D eigenvalue weighted by Gasteiger charge is 2.05. The Morgan fingerprint density at radius 2 is 2.41 bits per heavy atom. The number of aryl methyl sites for hydroxylation is 2. The second kappa shape index (κ2) is 7.40. The molecule has 1 aromatic heterocycles. The highest BCUT2D eigenvalue weighted by molar-refractivity contribution is 7.09. The van der Waals surface area contributed by atoms with Gasteiger partial charge in [0.05, 0.1) is 10.7 Å². The number of nitrogens with two attached hydrogens (primary N) is 1. The van der Waals surface area contributed by atoms with E-state index < -0.39 is 0 Å².